The molecule has 3 N–H and O–H groups in total. The first-order valence-corrected chi connectivity index (χ1v) is 11.4. The summed E-state index contributed by atoms with van der Waals surface area (Å²) >= 11 is 0. The van der Waals surface area contributed by atoms with Gasteiger partial charge in [0.15, 0.2) is 11.5 Å². The molecule has 5 rings (SSSR count). The fourth-order valence-corrected chi connectivity index (χ4v) is 4.56. The molecule has 172 valence electrons. The van der Waals surface area contributed by atoms with Gasteiger partial charge in [-0.15, -0.1) is 0 Å². The van der Waals surface area contributed by atoms with E-state index in [9.17, 15) is 4.79 Å². The van der Waals surface area contributed by atoms with Gasteiger partial charge in [-0.05, 0) is 45.7 Å². The van der Waals surface area contributed by atoms with Crippen LogP contribution in [0.3, 0.4) is 0 Å². The zero-order valence-corrected chi connectivity index (χ0v) is 19.1. The molecule has 1 aliphatic rings. The third kappa shape index (κ3) is 4.08. The number of aromatic nitrogens is 6. The van der Waals surface area contributed by atoms with Crippen LogP contribution in [-0.4, -0.2) is 59.5 Å². The summed E-state index contributed by atoms with van der Waals surface area (Å²) in [4.78, 5) is 35.3. The summed E-state index contributed by atoms with van der Waals surface area (Å²) < 4.78 is 2.34. The summed E-state index contributed by atoms with van der Waals surface area (Å²) in [5.41, 5.74) is 3.48. The summed E-state index contributed by atoms with van der Waals surface area (Å²) in [7, 11) is 0. The van der Waals surface area contributed by atoms with Crippen molar-refractivity contribution in [3.05, 3.63) is 42.7 Å². The van der Waals surface area contributed by atoms with Crippen molar-refractivity contribution in [2.24, 2.45) is 0 Å². The van der Waals surface area contributed by atoms with E-state index in [1.807, 2.05) is 36.9 Å². The second-order valence-electron chi connectivity index (χ2n) is 8.84. The molecule has 10 heteroatoms. The van der Waals surface area contributed by atoms with Gasteiger partial charge in [0.25, 0.3) is 0 Å². The largest absolute Gasteiger partial charge is 0.358 e. The first kappa shape index (κ1) is 21.2. The van der Waals surface area contributed by atoms with Crippen molar-refractivity contribution in [3.63, 3.8) is 0 Å². The summed E-state index contributed by atoms with van der Waals surface area (Å²) in [5, 5.41) is 6.49. The summed E-state index contributed by atoms with van der Waals surface area (Å²) in [6.07, 6.45) is 4.89. The maximum absolute atomic E-state index is 12.4. The lowest BCUT2D eigenvalue weighted by Gasteiger charge is -2.34. The molecule has 0 spiro atoms. The van der Waals surface area contributed by atoms with Gasteiger partial charge in [-0.25, -0.2) is 24.7 Å². The number of likely N-dealkylation sites (tertiary alicyclic amines) is 1. The van der Waals surface area contributed by atoms with E-state index in [2.05, 4.69) is 48.1 Å². The van der Waals surface area contributed by atoms with Gasteiger partial charge in [-0.3, -0.25) is 0 Å². The maximum atomic E-state index is 12.4. The summed E-state index contributed by atoms with van der Waals surface area (Å²) in [6.45, 7) is 7.50. The number of imidazole rings is 2. The molecule has 3 aromatic heterocycles. The Hall–Kier alpha value is -3.69. The molecule has 0 radical (unpaired) electrons. The van der Waals surface area contributed by atoms with E-state index in [0.717, 1.165) is 48.3 Å². The van der Waals surface area contributed by atoms with Crippen LogP contribution in [0.5, 0.6) is 0 Å². The Bertz CT molecular complexity index is 1270. The highest BCUT2D eigenvalue weighted by Crippen LogP contribution is 2.32. The first-order valence-electron chi connectivity index (χ1n) is 11.4. The van der Waals surface area contributed by atoms with Crippen molar-refractivity contribution in [1.29, 1.82) is 0 Å². The van der Waals surface area contributed by atoms with E-state index >= 15 is 0 Å². The van der Waals surface area contributed by atoms with Gasteiger partial charge in [0.05, 0.1) is 23.4 Å². The average Bonchev–Trinajstić information content (AvgIpc) is 3.44. The number of amides is 2. The Kier molecular flexibility index (Phi) is 5.57. The number of hydrogen-bond acceptors (Lipinski definition) is 6. The highest BCUT2D eigenvalue weighted by molar-refractivity contribution is 5.82. The monoisotopic (exact) mass is 447 g/mol. The Labute approximate surface area is 191 Å². The smallest absolute Gasteiger partial charge is 0.317 e. The van der Waals surface area contributed by atoms with Gasteiger partial charge in [0.2, 0.25) is 0 Å². The van der Waals surface area contributed by atoms with Gasteiger partial charge in [0, 0.05) is 25.2 Å². The molecule has 1 fully saturated rings. The highest BCUT2D eigenvalue weighted by Gasteiger charge is 2.28. The quantitative estimate of drug-likeness (QED) is 0.430. The minimum atomic E-state index is -0.0962. The van der Waals surface area contributed by atoms with Gasteiger partial charge in [-0.1, -0.05) is 12.1 Å². The normalized spacial score (nSPS) is 15.9. The van der Waals surface area contributed by atoms with Crippen LogP contribution in [0.2, 0.25) is 0 Å². The number of piperidine rings is 1. The van der Waals surface area contributed by atoms with Crippen molar-refractivity contribution >= 4 is 34.0 Å². The van der Waals surface area contributed by atoms with Crippen molar-refractivity contribution in [3.8, 4) is 0 Å². The molecule has 1 aromatic carbocycles. The van der Waals surface area contributed by atoms with Crippen LogP contribution in [0.15, 0.2) is 36.9 Å². The van der Waals surface area contributed by atoms with Crippen LogP contribution in [0.25, 0.3) is 22.2 Å². The number of para-hydroxylation sites is 2. The standard InChI is InChI=1S/C23H29N9O/c1-14(2)28-23(33)31-10-8-16(9-11-31)32-18-7-5-4-6-17(18)30-22(32)15(3)29-21-19-20(25-12-24-19)26-13-27-21/h4-7,12-16H,8-11H2,1-3H3,(H,28,33)(H2,24,25,26,27,29)/t15-/m0/s1. The molecule has 1 atom stereocenters. The number of carbonyl (C=O) groups is 1. The Morgan fingerprint density at radius 3 is 2.70 bits per heavy atom. The van der Waals surface area contributed by atoms with Crippen LogP contribution in [0, 0.1) is 0 Å². The lowest BCUT2D eigenvalue weighted by atomic mass is 10.0. The van der Waals surface area contributed by atoms with Crippen LogP contribution >= 0.6 is 0 Å². The minimum Gasteiger partial charge on any atom is -0.358 e. The van der Waals surface area contributed by atoms with E-state index in [-0.39, 0.29) is 24.2 Å². The summed E-state index contributed by atoms with van der Waals surface area (Å²) in [5.74, 6) is 1.65. The number of nitrogens with one attached hydrogen (secondary N) is 3. The second-order valence-corrected chi connectivity index (χ2v) is 8.84. The zero-order valence-electron chi connectivity index (χ0n) is 19.1. The molecule has 0 bridgehead atoms. The predicted octanol–water partition coefficient (Wildman–Crippen LogP) is 3.63. The van der Waals surface area contributed by atoms with Crippen LogP contribution in [0.4, 0.5) is 10.6 Å². The van der Waals surface area contributed by atoms with E-state index in [0.29, 0.717) is 11.5 Å². The van der Waals surface area contributed by atoms with Gasteiger partial charge < -0.3 is 25.1 Å². The highest BCUT2D eigenvalue weighted by atomic mass is 16.2. The molecule has 0 unspecified atom stereocenters. The molecule has 10 nitrogen and oxygen atoms in total. The van der Waals surface area contributed by atoms with Crippen LogP contribution in [0.1, 0.15) is 51.5 Å². The maximum Gasteiger partial charge on any atom is 0.317 e. The van der Waals surface area contributed by atoms with E-state index in [1.165, 1.54) is 6.33 Å². The number of anilines is 1. The van der Waals surface area contributed by atoms with Gasteiger partial charge in [0.1, 0.15) is 17.7 Å². The number of H-pyrrole nitrogens is 1. The van der Waals surface area contributed by atoms with Crippen molar-refractivity contribution < 1.29 is 4.79 Å². The Morgan fingerprint density at radius 2 is 1.91 bits per heavy atom. The molecule has 0 saturated carbocycles. The summed E-state index contributed by atoms with van der Waals surface area (Å²) in [6, 6.07) is 8.54. The number of aromatic amines is 1. The molecule has 33 heavy (non-hydrogen) atoms. The van der Waals surface area contributed by atoms with E-state index in [4.69, 9.17) is 4.98 Å². The van der Waals surface area contributed by atoms with E-state index in [1.54, 1.807) is 6.33 Å². The molecular weight excluding hydrogens is 418 g/mol. The molecule has 1 saturated heterocycles. The van der Waals surface area contributed by atoms with Crippen molar-refractivity contribution in [1.82, 2.24) is 39.7 Å². The fourth-order valence-electron chi connectivity index (χ4n) is 4.56. The third-order valence-electron chi connectivity index (χ3n) is 6.12. The van der Waals surface area contributed by atoms with Crippen LogP contribution in [-0.2, 0) is 0 Å². The predicted molar refractivity (Wildman–Crippen MR) is 127 cm³/mol. The number of nitrogens with zero attached hydrogens (tertiary/aromatic N) is 6. The SMILES string of the molecule is CC(C)NC(=O)N1CCC(n2c([C@H](C)Nc3ncnc4nc[nH]c34)nc3ccccc32)CC1. The topological polar surface area (TPSA) is 117 Å². The number of carbonyl (C=O) groups excluding carboxylic acids is 1. The van der Waals surface area contributed by atoms with Gasteiger partial charge >= 0.3 is 6.03 Å². The minimum absolute atomic E-state index is 0.0153. The number of urea groups is 1. The fraction of sp³-hybridized carbons (Fsp3) is 0.435. The molecule has 4 aromatic rings. The van der Waals surface area contributed by atoms with E-state index < -0.39 is 0 Å². The van der Waals surface area contributed by atoms with Crippen LogP contribution < -0.4 is 10.6 Å². The van der Waals surface area contributed by atoms with Crippen molar-refractivity contribution in [2.75, 3.05) is 18.4 Å². The zero-order chi connectivity index (χ0) is 22.9. The first-order chi connectivity index (χ1) is 16.0. The number of fused-ring (bicyclic) bond motifs is 2. The van der Waals surface area contributed by atoms with Crippen molar-refractivity contribution in [2.45, 2.75) is 51.7 Å². The molecule has 0 aliphatic carbocycles. The molecule has 1 aliphatic heterocycles. The average molecular weight is 448 g/mol. The van der Waals surface area contributed by atoms with Gasteiger partial charge in [-0.2, -0.15) is 0 Å². The molecule has 2 amide bonds. The number of benzene rings is 1. The molecule has 4 heterocycles. The second kappa shape index (κ2) is 8.68. The third-order valence-corrected chi connectivity index (χ3v) is 6.12. The lowest BCUT2D eigenvalue weighted by Crippen LogP contribution is -2.46. The number of hydrogen-bond donors (Lipinski definition) is 3. The number of rotatable bonds is 5. The lowest BCUT2D eigenvalue weighted by molar-refractivity contribution is 0.169. The Balaban J connectivity index is 1.42. The Morgan fingerprint density at radius 1 is 1.12 bits per heavy atom. The molecular formula is C23H29N9O.